The summed E-state index contributed by atoms with van der Waals surface area (Å²) in [5.74, 6) is 2.38. The number of carbonyl (C=O) groups is 1. The van der Waals surface area contributed by atoms with Gasteiger partial charge in [0, 0.05) is 6.07 Å². The summed E-state index contributed by atoms with van der Waals surface area (Å²) in [7, 11) is 3.29. The van der Waals surface area contributed by atoms with Crippen LogP contribution < -0.4 is 19.5 Å². The quantitative estimate of drug-likeness (QED) is 0.632. The number of amides is 1. The van der Waals surface area contributed by atoms with Crippen LogP contribution in [0.5, 0.6) is 17.2 Å². The van der Waals surface area contributed by atoms with Crippen LogP contribution in [0.1, 0.15) is 62.8 Å². The minimum absolute atomic E-state index is 0.135. The molecular formula is C24H33NO4. The molecule has 2 rings (SSSR count). The van der Waals surface area contributed by atoms with E-state index in [2.05, 4.69) is 25.2 Å². The smallest absolute Gasteiger partial charge is 0.261 e. The largest absolute Gasteiger partial charge is 0.497 e. The van der Waals surface area contributed by atoms with Crippen LogP contribution in [0.15, 0.2) is 36.4 Å². The van der Waals surface area contributed by atoms with Gasteiger partial charge in [-0.2, -0.15) is 0 Å². The molecule has 0 aliphatic carbocycles. The molecular weight excluding hydrogens is 366 g/mol. The highest BCUT2D eigenvalue weighted by molar-refractivity contribution is 5.81. The van der Waals surface area contributed by atoms with Gasteiger partial charge in [0.25, 0.3) is 5.91 Å². The number of hydrogen-bond acceptors (Lipinski definition) is 4. The maximum atomic E-state index is 12.9. The lowest BCUT2D eigenvalue weighted by atomic mass is 9.93. The van der Waals surface area contributed by atoms with E-state index in [0.29, 0.717) is 23.8 Å². The van der Waals surface area contributed by atoms with Crippen LogP contribution in [0.4, 0.5) is 0 Å². The molecule has 5 heteroatoms. The molecule has 2 atom stereocenters. The number of aryl methyl sites for hydroxylation is 1. The molecule has 0 aromatic heterocycles. The predicted octanol–water partition coefficient (Wildman–Crippen LogP) is 5.17. The number of rotatable bonds is 9. The van der Waals surface area contributed by atoms with E-state index in [9.17, 15) is 4.79 Å². The van der Waals surface area contributed by atoms with Crippen molar-refractivity contribution in [1.82, 2.24) is 5.32 Å². The van der Waals surface area contributed by atoms with Crippen molar-refractivity contribution in [2.45, 2.75) is 59.1 Å². The Balaban J connectivity index is 2.16. The molecule has 0 fully saturated rings. The first kappa shape index (κ1) is 22.6. The Hall–Kier alpha value is -2.69. The normalized spacial score (nSPS) is 13.0. The minimum atomic E-state index is -0.576. The summed E-state index contributed by atoms with van der Waals surface area (Å²) in [6, 6.07) is 11.3. The fourth-order valence-corrected chi connectivity index (χ4v) is 3.36. The van der Waals surface area contributed by atoms with E-state index in [1.54, 1.807) is 20.3 Å². The van der Waals surface area contributed by atoms with E-state index < -0.39 is 6.10 Å². The molecule has 1 N–H and O–H groups in total. The summed E-state index contributed by atoms with van der Waals surface area (Å²) in [5.41, 5.74) is 3.30. The number of ether oxygens (including phenoxy) is 3. The van der Waals surface area contributed by atoms with Crippen molar-refractivity contribution in [3.63, 3.8) is 0 Å². The molecule has 0 aliphatic rings. The van der Waals surface area contributed by atoms with Crippen LogP contribution in [0.2, 0.25) is 0 Å². The van der Waals surface area contributed by atoms with Crippen molar-refractivity contribution in [1.29, 1.82) is 0 Å². The van der Waals surface area contributed by atoms with Crippen molar-refractivity contribution in [3.8, 4) is 17.2 Å². The predicted molar refractivity (Wildman–Crippen MR) is 116 cm³/mol. The lowest BCUT2D eigenvalue weighted by Gasteiger charge is -2.23. The summed E-state index contributed by atoms with van der Waals surface area (Å²) in [6.45, 7) is 10.2. The third-order valence-corrected chi connectivity index (χ3v) is 5.05. The van der Waals surface area contributed by atoms with E-state index in [4.69, 9.17) is 14.2 Å². The average Bonchev–Trinajstić information content (AvgIpc) is 2.71. The first-order chi connectivity index (χ1) is 13.8. The van der Waals surface area contributed by atoms with Crippen molar-refractivity contribution >= 4 is 5.91 Å². The lowest BCUT2D eigenvalue weighted by molar-refractivity contribution is -0.128. The molecule has 0 saturated heterocycles. The molecule has 2 aromatic carbocycles. The van der Waals surface area contributed by atoms with E-state index in [-0.39, 0.29) is 11.9 Å². The fourth-order valence-electron chi connectivity index (χ4n) is 3.36. The van der Waals surface area contributed by atoms with Gasteiger partial charge in [-0.25, -0.2) is 0 Å². The van der Waals surface area contributed by atoms with Crippen LogP contribution >= 0.6 is 0 Å². The number of nitrogens with one attached hydrogen (secondary N) is 1. The topological polar surface area (TPSA) is 56.8 Å². The fraction of sp³-hybridized carbons (Fsp3) is 0.458. The summed E-state index contributed by atoms with van der Waals surface area (Å²) < 4.78 is 16.7. The molecule has 0 radical (unpaired) electrons. The Kier molecular flexibility index (Phi) is 7.94. The first-order valence-corrected chi connectivity index (χ1v) is 10.1. The Morgan fingerprint density at radius 2 is 1.69 bits per heavy atom. The van der Waals surface area contributed by atoms with E-state index in [0.717, 1.165) is 22.4 Å². The molecule has 0 aliphatic heterocycles. The Morgan fingerprint density at radius 3 is 2.28 bits per heavy atom. The Morgan fingerprint density at radius 1 is 1.00 bits per heavy atom. The van der Waals surface area contributed by atoms with Crippen LogP contribution in [0.3, 0.4) is 0 Å². The molecule has 29 heavy (non-hydrogen) atoms. The van der Waals surface area contributed by atoms with Gasteiger partial charge in [-0.05, 0) is 67.1 Å². The number of hydrogen-bond donors (Lipinski definition) is 1. The van der Waals surface area contributed by atoms with Gasteiger partial charge >= 0.3 is 0 Å². The highest BCUT2D eigenvalue weighted by Crippen LogP contribution is 2.32. The molecule has 0 heterocycles. The van der Waals surface area contributed by atoms with Gasteiger partial charge < -0.3 is 19.5 Å². The molecule has 2 aromatic rings. The van der Waals surface area contributed by atoms with Crippen molar-refractivity contribution in [2.75, 3.05) is 14.2 Å². The summed E-state index contributed by atoms with van der Waals surface area (Å²) in [4.78, 5) is 12.9. The zero-order valence-electron chi connectivity index (χ0n) is 18.5. The number of methoxy groups -OCH3 is 2. The third kappa shape index (κ3) is 5.66. The molecule has 0 unspecified atom stereocenters. The molecule has 0 bridgehead atoms. The van der Waals surface area contributed by atoms with E-state index in [1.807, 2.05) is 45.0 Å². The molecule has 158 valence electrons. The summed E-state index contributed by atoms with van der Waals surface area (Å²) in [6.07, 6.45) is -0.0121. The van der Waals surface area contributed by atoms with Gasteiger partial charge in [-0.3, -0.25) is 4.79 Å². The van der Waals surface area contributed by atoms with Crippen LogP contribution in [-0.4, -0.2) is 26.2 Å². The lowest BCUT2D eigenvalue weighted by Crippen LogP contribution is -2.39. The van der Waals surface area contributed by atoms with Crippen molar-refractivity contribution in [2.24, 2.45) is 0 Å². The van der Waals surface area contributed by atoms with Crippen molar-refractivity contribution < 1.29 is 19.0 Å². The SMILES string of the molecule is CC[C@@H](Oc1cccc(OC)c1)C(=O)N[C@H](C)c1cc(C(C)C)c(OC)cc1C. The van der Waals surface area contributed by atoms with E-state index in [1.165, 1.54) is 0 Å². The standard InChI is InChI=1S/C24H33NO4/c1-8-22(29-19-11-9-10-18(13-19)27-6)24(26)25-17(5)21-14-20(15(2)3)23(28-7)12-16(21)4/h9-15,17,22H,8H2,1-7H3,(H,25,26)/t17-,22-/m1/s1. The summed E-state index contributed by atoms with van der Waals surface area (Å²) >= 11 is 0. The maximum Gasteiger partial charge on any atom is 0.261 e. The Bertz CT molecular complexity index is 832. The molecule has 0 saturated carbocycles. The van der Waals surface area contributed by atoms with Gasteiger partial charge in [-0.15, -0.1) is 0 Å². The zero-order chi connectivity index (χ0) is 21.6. The number of carbonyl (C=O) groups excluding carboxylic acids is 1. The van der Waals surface area contributed by atoms with E-state index >= 15 is 0 Å². The second-order valence-electron chi connectivity index (χ2n) is 7.53. The number of benzene rings is 2. The minimum Gasteiger partial charge on any atom is -0.497 e. The van der Waals surface area contributed by atoms with Crippen LogP contribution in [0.25, 0.3) is 0 Å². The maximum absolute atomic E-state index is 12.9. The Labute approximate surface area is 174 Å². The van der Waals surface area contributed by atoms with Gasteiger partial charge in [0.15, 0.2) is 6.10 Å². The molecule has 1 amide bonds. The van der Waals surface area contributed by atoms with Gasteiger partial charge in [0.1, 0.15) is 17.2 Å². The monoisotopic (exact) mass is 399 g/mol. The molecule has 0 spiro atoms. The van der Waals surface area contributed by atoms with Crippen LogP contribution in [0, 0.1) is 6.92 Å². The van der Waals surface area contributed by atoms with Gasteiger partial charge in [-0.1, -0.05) is 26.8 Å². The highest BCUT2D eigenvalue weighted by Gasteiger charge is 2.22. The third-order valence-electron chi connectivity index (χ3n) is 5.05. The second-order valence-corrected chi connectivity index (χ2v) is 7.53. The average molecular weight is 400 g/mol. The first-order valence-electron chi connectivity index (χ1n) is 10.1. The molecule has 5 nitrogen and oxygen atoms in total. The van der Waals surface area contributed by atoms with Crippen molar-refractivity contribution in [3.05, 3.63) is 53.1 Å². The highest BCUT2D eigenvalue weighted by atomic mass is 16.5. The van der Waals surface area contributed by atoms with Gasteiger partial charge in [0.05, 0.1) is 20.3 Å². The van der Waals surface area contributed by atoms with Gasteiger partial charge in [0.2, 0.25) is 0 Å². The summed E-state index contributed by atoms with van der Waals surface area (Å²) in [5, 5.41) is 3.10. The second kappa shape index (κ2) is 10.2. The van der Waals surface area contributed by atoms with Crippen LogP contribution in [-0.2, 0) is 4.79 Å². The zero-order valence-corrected chi connectivity index (χ0v) is 18.5.